The number of carbonyl (C=O) groups is 2. The molecule has 0 radical (unpaired) electrons. The Morgan fingerprint density at radius 2 is 2.08 bits per heavy atom. The molecule has 3 rings (SSSR count). The van der Waals surface area contributed by atoms with Gasteiger partial charge in [0, 0.05) is 31.1 Å². The van der Waals surface area contributed by atoms with Crippen molar-refractivity contribution in [3.8, 4) is 5.75 Å². The van der Waals surface area contributed by atoms with Gasteiger partial charge in [0.2, 0.25) is 11.8 Å². The number of nitrogens with zero attached hydrogens (tertiary/aromatic N) is 2. The molecule has 1 aromatic carbocycles. The van der Waals surface area contributed by atoms with Gasteiger partial charge in [-0.25, -0.2) is 0 Å². The number of benzene rings is 1. The van der Waals surface area contributed by atoms with Gasteiger partial charge in [0.1, 0.15) is 5.75 Å². The molecule has 1 aromatic rings. The van der Waals surface area contributed by atoms with E-state index in [1.807, 2.05) is 4.90 Å². The van der Waals surface area contributed by atoms with Gasteiger partial charge in [0.05, 0.1) is 23.6 Å². The summed E-state index contributed by atoms with van der Waals surface area (Å²) in [6.07, 6.45) is 4.42. The Balaban J connectivity index is 1.71. The van der Waals surface area contributed by atoms with Crippen LogP contribution in [0.1, 0.15) is 32.1 Å². The van der Waals surface area contributed by atoms with Crippen LogP contribution in [0.25, 0.3) is 0 Å². The van der Waals surface area contributed by atoms with Crippen LogP contribution in [0.3, 0.4) is 0 Å². The number of nitro benzene ring substituents is 1. The molecule has 0 spiro atoms. The van der Waals surface area contributed by atoms with Gasteiger partial charge in [0.15, 0.2) is 0 Å². The monoisotopic (exact) mass is 347 g/mol. The Morgan fingerprint density at radius 1 is 1.36 bits per heavy atom. The quantitative estimate of drug-likeness (QED) is 0.650. The summed E-state index contributed by atoms with van der Waals surface area (Å²) in [5.41, 5.74) is 0.111. The lowest BCUT2D eigenvalue weighted by Gasteiger charge is -2.23. The molecule has 1 N–H and O–H groups in total. The lowest BCUT2D eigenvalue weighted by Crippen LogP contribution is -2.35. The number of likely N-dealkylation sites (tertiary alicyclic amines) is 1. The number of ether oxygens (including phenoxy) is 1. The topological polar surface area (TPSA) is 102 Å². The summed E-state index contributed by atoms with van der Waals surface area (Å²) in [7, 11) is 1.43. The first-order valence-electron chi connectivity index (χ1n) is 8.42. The fourth-order valence-corrected chi connectivity index (χ4v) is 3.62. The number of rotatable bonds is 5. The van der Waals surface area contributed by atoms with Crippen LogP contribution < -0.4 is 10.1 Å². The Bertz CT molecular complexity index is 700. The van der Waals surface area contributed by atoms with Gasteiger partial charge in [0.25, 0.3) is 5.69 Å². The average Bonchev–Trinajstić information content (AvgIpc) is 3.23. The molecule has 1 heterocycles. The van der Waals surface area contributed by atoms with Gasteiger partial charge in [-0.1, -0.05) is 12.8 Å². The van der Waals surface area contributed by atoms with Crippen molar-refractivity contribution in [1.82, 2.24) is 4.90 Å². The number of methoxy groups -OCH3 is 1. The van der Waals surface area contributed by atoms with Crippen molar-refractivity contribution >= 4 is 23.2 Å². The van der Waals surface area contributed by atoms with E-state index in [-0.39, 0.29) is 35.7 Å². The first-order chi connectivity index (χ1) is 12.0. The number of anilines is 1. The van der Waals surface area contributed by atoms with Gasteiger partial charge in [-0.05, 0) is 18.9 Å². The normalized spacial score (nSPS) is 20.8. The van der Waals surface area contributed by atoms with Crippen molar-refractivity contribution in [2.24, 2.45) is 5.92 Å². The standard InChI is InChI=1S/C17H21N3O5/c1-25-15-7-6-13(20(23)24)9-14(15)18-17(22)11-8-16(21)19(10-11)12-4-2-3-5-12/h6-7,9,11-12H,2-5,8,10H2,1H3,(H,18,22). The summed E-state index contributed by atoms with van der Waals surface area (Å²) < 4.78 is 5.15. The highest BCUT2D eigenvalue weighted by Gasteiger charge is 2.38. The molecule has 25 heavy (non-hydrogen) atoms. The smallest absolute Gasteiger partial charge is 0.271 e. The Hall–Kier alpha value is -2.64. The van der Waals surface area contributed by atoms with E-state index in [1.165, 1.54) is 25.3 Å². The van der Waals surface area contributed by atoms with Crippen molar-refractivity contribution in [2.45, 2.75) is 38.1 Å². The Labute approximate surface area is 145 Å². The van der Waals surface area contributed by atoms with E-state index >= 15 is 0 Å². The lowest BCUT2D eigenvalue weighted by molar-refractivity contribution is -0.384. The van der Waals surface area contributed by atoms with Crippen LogP contribution in [-0.2, 0) is 9.59 Å². The summed E-state index contributed by atoms with van der Waals surface area (Å²) in [5.74, 6) is -0.404. The van der Waals surface area contributed by atoms with Crippen molar-refractivity contribution in [1.29, 1.82) is 0 Å². The molecule has 1 unspecified atom stereocenters. The van der Waals surface area contributed by atoms with Crippen LogP contribution in [0.5, 0.6) is 5.75 Å². The van der Waals surface area contributed by atoms with Gasteiger partial charge in [-0.15, -0.1) is 0 Å². The van der Waals surface area contributed by atoms with Gasteiger partial charge < -0.3 is 15.0 Å². The van der Waals surface area contributed by atoms with Crippen LogP contribution in [0.15, 0.2) is 18.2 Å². The number of amides is 2. The second-order valence-corrected chi connectivity index (χ2v) is 6.52. The van der Waals surface area contributed by atoms with Gasteiger partial charge >= 0.3 is 0 Å². The van der Waals surface area contributed by atoms with Crippen LogP contribution >= 0.6 is 0 Å². The second-order valence-electron chi connectivity index (χ2n) is 6.52. The third-order valence-electron chi connectivity index (χ3n) is 4.95. The number of hydrogen-bond donors (Lipinski definition) is 1. The maximum absolute atomic E-state index is 12.6. The Morgan fingerprint density at radius 3 is 2.72 bits per heavy atom. The number of hydrogen-bond acceptors (Lipinski definition) is 5. The Kier molecular flexibility index (Phi) is 4.87. The minimum atomic E-state index is -0.532. The van der Waals surface area contributed by atoms with Crippen molar-refractivity contribution in [2.75, 3.05) is 19.0 Å². The molecule has 1 aliphatic heterocycles. The fraction of sp³-hybridized carbons (Fsp3) is 0.529. The molecular formula is C17H21N3O5. The molecule has 1 aliphatic carbocycles. The highest BCUT2D eigenvalue weighted by Crippen LogP contribution is 2.32. The fourth-order valence-electron chi connectivity index (χ4n) is 3.62. The predicted octanol–water partition coefficient (Wildman–Crippen LogP) is 2.33. The lowest BCUT2D eigenvalue weighted by atomic mass is 10.1. The number of nitrogens with one attached hydrogen (secondary N) is 1. The van der Waals surface area contributed by atoms with E-state index in [9.17, 15) is 19.7 Å². The van der Waals surface area contributed by atoms with E-state index in [4.69, 9.17) is 4.74 Å². The van der Waals surface area contributed by atoms with Gasteiger partial charge in [-0.3, -0.25) is 19.7 Å². The number of nitro groups is 1. The van der Waals surface area contributed by atoms with Gasteiger partial charge in [-0.2, -0.15) is 0 Å². The first kappa shape index (κ1) is 17.2. The molecule has 1 atom stereocenters. The molecule has 8 heteroatoms. The molecule has 2 amide bonds. The third-order valence-corrected chi connectivity index (χ3v) is 4.95. The average molecular weight is 347 g/mol. The summed E-state index contributed by atoms with van der Waals surface area (Å²) in [5, 5.41) is 13.6. The summed E-state index contributed by atoms with van der Waals surface area (Å²) in [4.78, 5) is 37.0. The van der Waals surface area contributed by atoms with E-state index in [0.717, 1.165) is 25.7 Å². The maximum atomic E-state index is 12.6. The summed E-state index contributed by atoms with van der Waals surface area (Å²) >= 11 is 0. The zero-order valence-electron chi connectivity index (χ0n) is 14.1. The predicted molar refractivity (Wildman–Crippen MR) is 90.4 cm³/mol. The molecule has 1 saturated carbocycles. The zero-order chi connectivity index (χ0) is 18.0. The van der Waals surface area contributed by atoms with Crippen molar-refractivity contribution in [3.63, 3.8) is 0 Å². The third kappa shape index (κ3) is 3.57. The summed E-state index contributed by atoms with van der Waals surface area (Å²) in [6, 6.07) is 4.27. The summed E-state index contributed by atoms with van der Waals surface area (Å²) in [6.45, 7) is 0.409. The second kappa shape index (κ2) is 7.08. The minimum absolute atomic E-state index is 0.0121. The molecular weight excluding hydrogens is 326 g/mol. The van der Waals surface area contributed by atoms with Crippen LogP contribution in [0.2, 0.25) is 0 Å². The molecule has 0 aromatic heterocycles. The van der Waals surface area contributed by atoms with E-state index in [2.05, 4.69) is 5.32 Å². The highest BCUT2D eigenvalue weighted by atomic mass is 16.6. The SMILES string of the molecule is COc1ccc([N+](=O)[O-])cc1NC(=O)C1CC(=O)N(C2CCCC2)C1. The van der Waals surface area contributed by atoms with Crippen LogP contribution in [0, 0.1) is 16.0 Å². The highest BCUT2D eigenvalue weighted by molar-refractivity contribution is 5.98. The van der Waals surface area contributed by atoms with E-state index in [1.54, 1.807) is 0 Å². The molecule has 2 fully saturated rings. The first-order valence-corrected chi connectivity index (χ1v) is 8.42. The molecule has 2 aliphatic rings. The molecule has 8 nitrogen and oxygen atoms in total. The van der Waals surface area contributed by atoms with Crippen LogP contribution in [0.4, 0.5) is 11.4 Å². The molecule has 0 bridgehead atoms. The van der Waals surface area contributed by atoms with Crippen molar-refractivity contribution in [3.05, 3.63) is 28.3 Å². The largest absolute Gasteiger partial charge is 0.495 e. The minimum Gasteiger partial charge on any atom is -0.495 e. The van der Waals surface area contributed by atoms with E-state index in [0.29, 0.717) is 12.3 Å². The number of non-ortho nitro benzene ring substituents is 1. The van der Waals surface area contributed by atoms with Crippen LogP contribution in [-0.4, -0.2) is 41.3 Å². The van der Waals surface area contributed by atoms with E-state index < -0.39 is 10.8 Å². The number of carbonyl (C=O) groups excluding carboxylic acids is 2. The van der Waals surface area contributed by atoms with Crippen molar-refractivity contribution < 1.29 is 19.2 Å². The zero-order valence-corrected chi connectivity index (χ0v) is 14.1. The molecule has 134 valence electrons. The maximum Gasteiger partial charge on any atom is 0.271 e. The molecule has 1 saturated heterocycles.